The summed E-state index contributed by atoms with van der Waals surface area (Å²) in [6.07, 6.45) is 0. The van der Waals surface area contributed by atoms with Gasteiger partial charge < -0.3 is 9.66 Å². The predicted molar refractivity (Wildman–Crippen MR) is 46.5 cm³/mol. The van der Waals surface area contributed by atoms with Gasteiger partial charge in [0, 0.05) is 7.05 Å². The zero-order valence-electron chi connectivity index (χ0n) is 6.84. The van der Waals surface area contributed by atoms with Crippen molar-refractivity contribution in [3.8, 4) is 5.75 Å². The number of aromatic hydroxyl groups is 1. The molecule has 1 N–H and O–H groups in total. The minimum atomic E-state index is -2.64. The van der Waals surface area contributed by atoms with Gasteiger partial charge in [0.1, 0.15) is 22.8 Å². The maximum Gasteiger partial charge on any atom is 0.141 e. The molecule has 1 rings (SSSR count). The van der Waals surface area contributed by atoms with Crippen LogP contribution in [0.1, 0.15) is 0 Å². The Morgan fingerprint density at radius 2 is 2.15 bits per heavy atom. The highest BCUT2D eigenvalue weighted by Gasteiger charge is 2.05. The van der Waals surface area contributed by atoms with Crippen molar-refractivity contribution in [2.24, 2.45) is 0 Å². The number of benzene rings is 1. The molecule has 1 aromatic carbocycles. The second kappa shape index (κ2) is 4.22. The van der Waals surface area contributed by atoms with Crippen LogP contribution in [0, 0.1) is 0 Å². The number of hydrogen-bond acceptors (Lipinski definition) is 5. The fraction of sp³-hybridized carbons (Fsp3) is 0.143. The summed E-state index contributed by atoms with van der Waals surface area (Å²) in [7, 11) is 1.38. The quantitative estimate of drug-likeness (QED) is 0.572. The maximum atomic E-state index is 10.1. The van der Waals surface area contributed by atoms with E-state index in [2.05, 4.69) is 4.28 Å². The lowest BCUT2D eigenvalue weighted by molar-refractivity contribution is 0.286. The van der Waals surface area contributed by atoms with E-state index in [4.69, 9.17) is 0 Å². The van der Waals surface area contributed by atoms with E-state index in [1.165, 1.54) is 19.2 Å². The van der Waals surface area contributed by atoms with Gasteiger partial charge in [0.25, 0.3) is 0 Å². The summed E-state index contributed by atoms with van der Waals surface area (Å²) in [6.45, 7) is 0. The molecule has 6 heteroatoms. The molecule has 1 aromatic rings. The molecule has 0 saturated heterocycles. The second-order valence-electron chi connectivity index (χ2n) is 2.26. The Hall–Kier alpha value is -1.11. The van der Waals surface area contributed by atoms with Gasteiger partial charge in [-0.3, -0.25) is 0 Å². The molecule has 1 unspecified atom stereocenters. The highest BCUT2D eigenvalue weighted by Crippen LogP contribution is 2.25. The molecular weight excluding hydrogens is 194 g/mol. The lowest BCUT2D eigenvalue weighted by Crippen LogP contribution is -2.18. The van der Waals surface area contributed by atoms with Gasteiger partial charge in [0.05, 0.1) is 0 Å². The first-order valence-corrected chi connectivity index (χ1v) is 4.40. The molecule has 0 saturated carbocycles. The van der Waals surface area contributed by atoms with Crippen molar-refractivity contribution < 1.29 is 18.2 Å². The van der Waals surface area contributed by atoms with Crippen molar-refractivity contribution in [3.05, 3.63) is 24.3 Å². The smallest absolute Gasteiger partial charge is 0.141 e. The average Bonchev–Trinajstić information content (AvgIpc) is 2.03. The number of rotatable bonds is 3. The molecule has 0 aromatic heterocycles. The van der Waals surface area contributed by atoms with Gasteiger partial charge in [-0.25, -0.2) is 9.27 Å². The van der Waals surface area contributed by atoms with Gasteiger partial charge in [-0.15, -0.1) is 0 Å². The van der Waals surface area contributed by atoms with E-state index in [9.17, 15) is 13.9 Å². The molecule has 13 heavy (non-hydrogen) atoms. The maximum absolute atomic E-state index is 10.1. The van der Waals surface area contributed by atoms with Crippen LogP contribution in [0.2, 0.25) is 0 Å². The van der Waals surface area contributed by atoms with Crippen LogP contribution in [-0.4, -0.2) is 20.9 Å². The minimum Gasteiger partial charge on any atom is -0.748 e. The van der Waals surface area contributed by atoms with Crippen molar-refractivity contribution in [1.29, 1.82) is 0 Å². The topological polar surface area (TPSA) is 72.8 Å². The average molecular weight is 202 g/mol. The molecule has 0 heterocycles. The summed E-state index contributed by atoms with van der Waals surface area (Å²) < 4.78 is 24.6. The van der Waals surface area contributed by atoms with Crippen LogP contribution in [0.5, 0.6) is 5.75 Å². The SMILES string of the molecule is CN(OS(=O)[O-])c1ccccc1O. The van der Waals surface area contributed by atoms with Crippen LogP contribution < -0.4 is 5.06 Å². The summed E-state index contributed by atoms with van der Waals surface area (Å²) in [5.74, 6) is -0.0459. The van der Waals surface area contributed by atoms with Crippen LogP contribution in [0.3, 0.4) is 0 Å². The van der Waals surface area contributed by atoms with E-state index < -0.39 is 11.4 Å². The van der Waals surface area contributed by atoms with E-state index in [0.29, 0.717) is 0 Å². The number of phenols is 1. The second-order valence-corrected chi connectivity index (χ2v) is 2.82. The standard InChI is InChI=1S/C7H9NO4S/c1-8(12-13(10)11)6-4-2-3-5-7(6)9/h2-5,9H,1H3,(H,10,11)/p-1. The third-order valence-electron chi connectivity index (χ3n) is 1.39. The number of phenolic OH excluding ortho intramolecular Hbond substituents is 1. The Labute approximate surface area is 78.0 Å². The van der Waals surface area contributed by atoms with Gasteiger partial charge >= 0.3 is 0 Å². The first kappa shape index (κ1) is 9.97. The molecule has 0 aliphatic rings. The van der Waals surface area contributed by atoms with Crippen molar-refractivity contribution >= 4 is 17.0 Å². The fourth-order valence-electron chi connectivity index (χ4n) is 0.862. The Kier molecular flexibility index (Phi) is 3.24. The van der Waals surface area contributed by atoms with Crippen LogP contribution in [0.25, 0.3) is 0 Å². The van der Waals surface area contributed by atoms with Gasteiger partial charge in [0.2, 0.25) is 0 Å². The van der Waals surface area contributed by atoms with Crippen molar-refractivity contribution in [2.75, 3.05) is 12.1 Å². The number of hydroxylamine groups is 1. The molecule has 5 nitrogen and oxygen atoms in total. The molecule has 0 bridgehead atoms. The number of para-hydroxylation sites is 2. The first-order chi connectivity index (χ1) is 6.11. The van der Waals surface area contributed by atoms with Gasteiger partial charge in [0.15, 0.2) is 0 Å². The highest BCUT2D eigenvalue weighted by molar-refractivity contribution is 7.74. The summed E-state index contributed by atoms with van der Waals surface area (Å²) in [5.41, 5.74) is 0.284. The Bertz CT molecular complexity index is 317. The van der Waals surface area contributed by atoms with Gasteiger partial charge in [-0.1, -0.05) is 12.1 Å². The van der Waals surface area contributed by atoms with Crippen LogP contribution in [0.4, 0.5) is 5.69 Å². The normalized spacial score (nSPS) is 12.5. The Balaban J connectivity index is 2.82. The lowest BCUT2D eigenvalue weighted by atomic mass is 10.3. The summed E-state index contributed by atoms with van der Waals surface area (Å²) >= 11 is -2.64. The van der Waals surface area contributed by atoms with E-state index >= 15 is 0 Å². The van der Waals surface area contributed by atoms with E-state index in [1.807, 2.05) is 0 Å². The van der Waals surface area contributed by atoms with Gasteiger partial charge in [-0.05, 0) is 12.1 Å². The zero-order valence-corrected chi connectivity index (χ0v) is 7.65. The summed E-state index contributed by atoms with van der Waals surface area (Å²) in [5, 5.41) is 10.2. The Morgan fingerprint density at radius 3 is 2.69 bits per heavy atom. The van der Waals surface area contributed by atoms with Gasteiger partial charge in [-0.2, -0.15) is 4.28 Å². The van der Waals surface area contributed by atoms with Crippen molar-refractivity contribution in [3.63, 3.8) is 0 Å². The molecule has 72 valence electrons. The third-order valence-corrected chi connectivity index (χ3v) is 1.74. The molecule has 0 fully saturated rings. The predicted octanol–water partition coefficient (Wildman–Crippen LogP) is 0.554. The zero-order chi connectivity index (χ0) is 9.84. The third kappa shape index (κ3) is 2.69. The lowest BCUT2D eigenvalue weighted by Gasteiger charge is -2.19. The first-order valence-electron chi connectivity index (χ1n) is 3.40. The van der Waals surface area contributed by atoms with Crippen LogP contribution in [0.15, 0.2) is 24.3 Å². The molecule has 0 radical (unpaired) electrons. The molecule has 0 aliphatic heterocycles. The molecule has 0 spiro atoms. The molecular formula is C7H8NO4S-. The molecule has 1 atom stereocenters. The largest absolute Gasteiger partial charge is 0.748 e. The Morgan fingerprint density at radius 1 is 1.54 bits per heavy atom. The highest BCUT2D eigenvalue weighted by atomic mass is 32.2. The van der Waals surface area contributed by atoms with E-state index in [0.717, 1.165) is 5.06 Å². The van der Waals surface area contributed by atoms with Crippen molar-refractivity contribution in [1.82, 2.24) is 0 Å². The minimum absolute atomic E-state index is 0.0459. The van der Waals surface area contributed by atoms with E-state index in [1.54, 1.807) is 12.1 Å². The number of anilines is 1. The summed E-state index contributed by atoms with van der Waals surface area (Å²) in [6, 6.07) is 6.24. The summed E-state index contributed by atoms with van der Waals surface area (Å²) in [4.78, 5) is 0. The number of nitrogens with zero attached hydrogens (tertiary/aromatic N) is 1. The fourth-order valence-corrected chi connectivity index (χ4v) is 1.12. The van der Waals surface area contributed by atoms with E-state index in [-0.39, 0.29) is 11.4 Å². The molecule has 0 amide bonds. The monoisotopic (exact) mass is 202 g/mol. The van der Waals surface area contributed by atoms with Crippen molar-refractivity contribution in [2.45, 2.75) is 0 Å². The molecule has 0 aliphatic carbocycles. The number of hydrogen-bond donors (Lipinski definition) is 1. The van der Waals surface area contributed by atoms with Crippen LogP contribution >= 0.6 is 0 Å². The van der Waals surface area contributed by atoms with Crippen LogP contribution in [-0.2, 0) is 15.6 Å².